The van der Waals surface area contributed by atoms with Crippen LogP contribution in [-0.2, 0) is 0 Å². The summed E-state index contributed by atoms with van der Waals surface area (Å²) >= 11 is 0. The van der Waals surface area contributed by atoms with Crippen LogP contribution in [0.5, 0.6) is 0 Å². The van der Waals surface area contributed by atoms with Crippen molar-refractivity contribution < 1.29 is 4.79 Å². The van der Waals surface area contributed by atoms with E-state index in [1.807, 2.05) is 18.2 Å². The summed E-state index contributed by atoms with van der Waals surface area (Å²) in [4.78, 5) is 12.1. The third-order valence-electron chi connectivity index (χ3n) is 3.99. The van der Waals surface area contributed by atoms with E-state index in [0.717, 1.165) is 6.54 Å². The third kappa shape index (κ3) is 4.26. The minimum Gasteiger partial charge on any atom is -0.338 e. The molecule has 3 nitrogen and oxygen atoms in total. The van der Waals surface area contributed by atoms with Gasteiger partial charge in [0.25, 0.3) is 0 Å². The van der Waals surface area contributed by atoms with Crippen molar-refractivity contribution in [1.29, 1.82) is 0 Å². The number of urea groups is 1. The van der Waals surface area contributed by atoms with Gasteiger partial charge in [-0.3, -0.25) is 0 Å². The van der Waals surface area contributed by atoms with Crippen molar-refractivity contribution in [3.63, 3.8) is 0 Å². The number of rotatable bonds is 5. The van der Waals surface area contributed by atoms with E-state index < -0.39 is 0 Å². The van der Waals surface area contributed by atoms with Gasteiger partial charge in [0, 0.05) is 6.54 Å². The van der Waals surface area contributed by atoms with Crippen molar-refractivity contribution >= 4 is 6.03 Å². The first-order valence-electron chi connectivity index (χ1n) is 7.76. The summed E-state index contributed by atoms with van der Waals surface area (Å²) in [5.74, 6) is 1.05. The molecule has 1 aromatic carbocycles. The molecule has 0 heterocycles. The zero-order valence-corrected chi connectivity index (χ0v) is 12.6. The molecule has 0 bridgehead atoms. The maximum absolute atomic E-state index is 12.1. The second-order valence-corrected chi connectivity index (χ2v) is 6.18. The minimum atomic E-state index is -0.0422. The lowest BCUT2D eigenvalue weighted by Gasteiger charge is -2.25. The molecule has 2 rings (SSSR count). The van der Waals surface area contributed by atoms with E-state index in [1.54, 1.807) is 0 Å². The molecule has 0 aromatic heterocycles. The van der Waals surface area contributed by atoms with E-state index in [2.05, 4.69) is 36.6 Å². The van der Waals surface area contributed by atoms with E-state index >= 15 is 0 Å². The van der Waals surface area contributed by atoms with Crippen molar-refractivity contribution in [2.75, 3.05) is 6.54 Å². The standard InChI is InChI=1S/C17H26N2O/c1-13(2)12-18-17(20)19-16(15-10-6-7-11-15)14-8-4-3-5-9-14/h3-5,8-9,13,15-16H,6-7,10-12H2,1-2H3,(H2,18,19,20). The Morgan fingerprint density at radius 1 is 1.20 bits per heavy atom. The fraction of sp³-hybridized carbons (Fsp3) is 0.588. The van der Waals surface area contributed by atoms with Crippen LogP contribution >= 0.6 is 0 Å². The van der Waals surface area contributed by atoms with E-state index in [4.69, 9.17) is 0 Å². The van der Waals surface area contributed by atoms with Crippen LogP contribution in [0, 0.1) is 11.8 Å². The Hall–Kier alpha value is -1.51. The quantitative estimate of drug-likeness (QED) is 0.840. The predicted molar refractivity (Wildman–Crippen MR) is 82.5 cm³/mol. The Labute approximate surface area is 122 Å². The van der Waals surface area contributed by atoms with Crippen LogP contribution in [0.4, 0.5) is 4.79 Å². The van der Waals surface area contributed by atoms with Gasteiger partial charge < -0.3 is 10.6 Å². The van der Waals surface area contributed by atoms with Crippen LogP contribution in [0.2, 0.25) is 0 Å². The van der Waals surface area contributed by atoms with E-state index in [-0.39, 0.29) is 12.1 Å². The Morgan fingerprint density at radius 2 is 1.85 bits per heavy atom. The van der Waals surface area contributed by atoms with Crippen molar-refractivity contribution in [2.45, 2.75) is 45.6 Å². The lowest BCUT2D eigenvalue weighted by atomic mass is 9.92. The molecule has 1 unspecified atom stereocenters. The van der Waals surface area contributed by atoms with E-state index in [0.29, 0.717) is 11.8 Å². The second kappa shape index (κ2) is 7.32. The highest BCUT2D eigenvalue weighted by molar-refractivity contribution is 5.74. The zero-order chi connectivity index (χ0) is 14.4. The molecule has 2 N–H and O–H groups in total. The summed E-state index contributed by atoms with van der Waals surface area (Å²) in [6.45, 7) is 4.93. The van der Waals surface area contributed by atoms with Gasteiger partial charge in [-0.15, -0.1) is 0 Å². The predicted octanol–water partition coefficient (Wildman–Crippen LogP) is 3.87. The van der Waals surface area contributed by atoms with Crippen LogP contribution in [0.1, 0.15) is 51.1 Å². The molecule has 1 aromatic rings. The summed E-state index contributed by atoms with van der Waals surface area (Å²) in [6.07, 6.45) is 4.99. The smallest absolute Gasteiger partial charge is 0.315 e. The molecule has 110 valence electrons. The third-order valence-corrected chi connectivity index (χ3v) is 3.99. The molecule has 3 heteroatoms. The number of hydrogen-bond acceptors (Lipinski definition) is 1. The van der Waals surface area contributed by atoms with Gasteiger partial charge in [-0.1, -0.05) is 57.0 Å². The number of nitrogens with one attached hydrogen (secondary N) is 2. The van der Waals surface area contributed by atoms with Crippen LogP contribution in [0.25, 0.3) is 0 Å². The normalized spacial score (nSPS) is 17.1. The molecule has 1 aliphatic rings. The van der Waals surface area contributed by atoms with E-state index in [1.165, 1.54) is 31.2 Å². The SMILES string of the molecule is CC(C)CNC(=O)NC(c1ccccc1)C1CCCC1. The lowest BCUT2D eigenvalue weighted by molar-refractivity contribution is 0.230. The highest BCUT2D eigenvalue weighted by Crippen LogP contribution is 2.35. The maximum atomic E-state index is 12.1. The molecule has 0 saturated heterocycles. The first-order valence-corrected chi connectivity index (χ1v) is 7.76. The summed E-state index contributed by atoms with van der Waals surface area (Å²) in [6, 6.07) is 10.5. The number of carbonyl (C=O) groups excluding carboxylic acids is 1. The molecule has 0 spiro atoms. The first-order chi connectivity index (χ1) is 9.66. The van der Waals surface area contributed by atoms with Gasteiger partial charge in [-0.05, 0) is 30.2 Å². The Morgan fingerprint density at radius 3 is 2.45 bits per heavy atom. The molecular weight excluding hydrogens is 248 g/mol. The summed E-state index contributed by atoms with van der Waals surface area (Å²) in [7, 11) is 0. The van der Waals surface area contributed by atoms with E-state index in [9.17, 15) is 4.79 Å². The Balaban J connectivity index is 2.01. The topological polar surface area (TPSA) is 41.1 Å². The van der Waals surface area contributed by atoms with Gasteiger partial charge in [0.1, 0.15) is 0 Å². The Kier molecular flexibility index (Phi) is 5.45. The highest BCUT2D eigenvalue weighted by atomic mass is 16.2. The Bertz CT molecular complexity index is 410. The van der Waals surface area contributed by atoms with Crippen LogP contribution < -0.4 is 10.6 Å². The number of amides is 2. The molecule has 0 radical (unpaired) electrons. The molecular formula is C17H26N2O. The van der Waals surface area contributed by atoms with Crippen LogP contribution in [-0.4, -0.2) is 12.6 Å². The number of benzene rings is 1. The first kappa shape index (κ1) is 14.9. The minimum absolute atomic E-state index is 0.0422. The fourth-order valence-electron chi connectivity index (χ4n) is 2.91. The number of carbonyl (C=O) groups is 1. The van der Waals surface area contributed by atoms with Crippen LogP contribution in [0.15, 0.2) is 30.3 Å². The summed E-state index contributed by atoms with van der Waals surface area (Å²) in [5.41, 5.74) is 1.22. The molecule has 1 fully saturated rings. The second-order valence-electron chi connectivity index (χ2n) is 6.18. The highest BCUT2D eigenvalue weighted by Gasteiger charge is 2.27. The molecule has 1 aliphatic carbocycles. The molecule has 1 atom stereocenters. The monoisotopic (exact) mass is 274 g/mol. The van der Waals surface area contributed by atoms with Crippen molar-refractivity contribution in [3.8, 4) is 0 Å². The fourth-order valence-corrected chi connectivity index (χ4v) is 2.91. The molecule has 2 amide bonds. The lowest BCUT2D eigenvalue weighted by Crippen LogP contribution is -2.41. The van der Waals surface area contributed by atoms with Gasteiger partial charge >= 0.3 is 6.03 Å². The average molecular weight is 274 g/mol. The zero-order valence-electron chi connectivity index (χ0n) is 12.6. The van der Waals surface area contributed by atoms with Crippen molar-refractivity contribution in [1.82, 2.24) is 10.6 Å². The largest absolute Gasteiger partial charge is 0.338 e. The molecule has 20 heavy (non-hydrogen) atoms. The average Bonchev–Trinajstić information content (AvgIpc) is 2.97. The van der Waals surface area contributed by atoms with Crippen LogP contribution in [0.3, 0.4) is 0 Å². The van der Waals surface area contributed by atoms with Gasteiger partial charge in [0.05, 0.1) is 6.04 Å². The number of hydrogen-bond donors (Lipinski definition) is 2. The molecule has 0 aliphatic heterocycles. The van der Waals surface area contributed by atoms with Gasteiger partial charge in [-0.25, -0.2) is 4.79 Å². The van der Waals surface area contributed by atoms with Crippen molar-refractivity contribution in [2.24, 2.45) is 11.8 Å². The van der Waals surface area contributed by atoms with Gasteiger partial charge in [0.15, 0.2) is 0 Å². The van der Waals surface area contributed by atoms with Crippen molar-refractivity contribution in [3.05, 3.63) is 35.9 Å². The van der Waals surface area contributed by atoms with Gasteiger partial charge in [0.2, 0.25) is 0 Å². The summed E-state index contributed by atoms with van der Waals surface area (Å²) in [5, 5.41) is 6.14. The maximum Gasteiger partial charge on any atom is 0.315 e. The summed E-state index contributed by atoms with van der Waals surface area (Å²) < 4.78 is 0. The van der Waals surface area contributed by atoms with Gasteiger partial charge in [-0.2, -0.15) is 0 Å². The molecule has 1 saturated carbocycles.